The number of piperidine rings is 1. The molecule has 1 aliphatic heterocycles. The van der Waals surface area contributed by atoms with Gasteiger partial charge >= 0.3 is 0 Å². The highest BCUT2D eigenvalue weighted by molar-refractivity contribution is 6.53. The average Bonchev–Trinajstić information content (AvgIpc) is 2.82. The van der Waals surface area contributed by atoms with Crippen LogP contribution >= 0.6 is 23.2 Å². The fourth-order valence-corrected chi connectivity index (χ4v) is 3.15. The van der Waals surface area contributed by atoms with E-state index in [0.29, 0.717) is 6.42 Å². The number of carbonyl (C=O) groups is 2. The maximum absolute atomic E-state index is 12.1. The maximum atomic E-state index is 12.1. The number of nitrogens with one attached hydrogen (secondary N) is 1. The van der Waals surface area contributed by atoms with Crippen molar-refractivity contribution in [3.05, 3.63) is 0 Å². The molecule has 1 saturated carbocycles. The molecule has 5 nitrogen and oxygen atoms in total. The number of carbonyl (C=O) groups excluding carboxylic acids is 2. The second-order valence-electron chi connectivity index (χ2n) is 5.70. The van der Waals surface area contributed by atoms with Gasteiger partial charge in [-0.1, -0.05) is 0 Å². The Labute approximate surface area is 122 Å². The molecule has 3 N–H and O–H groups in total. The van der Waals surface area contributed by atoms with Crippen molar-refractivity contribution in [3.63, 3.8) is 0 Å². The van der Waals surface area contributed by atoms with E-state index in [2.05, 4.69) is 5.32 Å². The van der Waals surface area contributed by atoms with Gasteiger partial charge in [-0.15, -0.1) is 23.2 Å². The van der Waals surface area contributed by atoms with E-state index in [9.17, 15) is 9.59 Å². The van der Waals surface area contributed by atoms with Crippen molar-refractivity contribution < 1.29 is 9.59 Å². The third-order valence-corrected chi connectivity index (χ3v) is 5.16. The first-order valence-electron chi connectivity index (χ1n) is 6.44. The van der Waals surface area contributed by atoms with Crippen molar-refractivity contribution in [2.75, 3.05) is 19.6 Å². The maximum Gasteiger partial charge on any atom is 0.231 e. The third-order valence-electron chi connectivity index (χ3n) is 4.06. The molecule has 7 heteroatoms. The molecule has 0 aromatic carbocycles. The normalized spacial score (nSPS) is 30.9. The molecule has 2 rings (SSSR count). The number of likely N-dealkylation sites (tertiary alicyclic amines) is 1. The molecule has 0 aromatic rings. The summed E-state index contributed by atoms with van der Waals surface area (Å²) in [6.07, 6.45) is 2.12. The Morgan fingerprint density at radius 1 is 1.37 bits per heavy atom. The zero-order valence-electron chi connectivity index (χ0n) is 10.9. The number of primary amides is 1. The Balaban J connectivity index is 1.77. The Morgan fingerprint density at radius 2 is 1.89 bits per heavy atom. The van der Waals surface area contributed by atoms with Crippen LogP contribution in [0.3, 0.4) is 0 Å². The van der Waals surface area contributed by atoms with Gasteiger partial charge < -0.3 is 11.1 Å². The second kappa shape index (κ2) is 5.11. The molecule has 1 aliphatic carbocycles. The molecule has 1 saturated heterocycles. The number of amides is 2. The molecular formula is C12H19Cl2N3O2. The van der Waals surface area contributed by atoms with Crippen LogP contribution in [0.4, 0.5) is 0 Å². The van der Waals surface area contributed by atoms with Gasteiger partial charge in [0.25, 0.3) is 0 Å². The van der Waals surface area contributed by atoms with Crippen LogP contribution in [0.2, 0.25) is 0 Å². The van der Waals surface area contributed by atoms with E-state index in [1.54, 1.807) is 6.92 Å². The lowest BCUT2D eigenvalue weighted by Crippen LogP contribution is -2.48. The summed E-state index contributed by atoms with van der Waals surface area (Å²) >= 11 is 12.0. The first-order chi connectivity index (χ1) is 8.74. The van der Waals surface area contributed by atoms with Crippen LogP contribution in [0, 0.1) is 5.41 Å². The lowest BCUT2D eigenvalue weighted by Gasteiger charge is -2.32. The lowest BCUT2D eigenvalue weighted by molar-refractivity contribution is -0.127. The van der Waals surface area contributed by atoms with Crippen molar-refractivity contribution in [2.24, 2.45) is 11.1 Å². The minimum Gasteiger partial charge on any atom is -0.369 e. The summed E-state index contributed by atoms with van der Waals surface area (Å²) in [6, 6.07) is 0.123. The number of rotatable bonds is 4. The van der Waals surface area contributed by atoms with Gasteiger partial charge in [0.15, 0.2) is 0 Å². The van der Waals surface area contributed by atoms with Gasteiger partial charge in [0.2, 0.25) is 11.8 Å². The number of hydrogen-bond acceptors (Lipinski definition) is 3. The van der Waals surface area contributed by atoms with Crippen molar-refractivity contribution in [3.8, 4) is 0 Å². The molecule has 0 spiro atoms. The molecule has 1 heterocycles. The molecule has 2 fully saturated rings. The summed E-state index contributed by atoms with van der Waals surface area (Å²) in [5.74, 6) is -0.395. The number of alkyl halides is 2. The predicted octanol–water partition coefficient (Wildman–Crippen LogP) is 0.636. The zero-order valence-corrected chi connectivity index (χ0v) is 12.4. The number of hydrogen-bond donors (Lipinski definition) is 2. The Morgan fingerprint density at radius 3 is 2.32 bits per heavy atom. The summed E-state index contributed by atoms with van der Waals surface area (Å²) < 4.78 is -0.927. The van der Waals surface area contributed by atoms with E-state index in [0.717, 1.165) is 25.9 Å². The van der Waals surface area contributed by atoms with Crippen LogP contribution < -0.4 is 11.1 Å². The monoisotopic (exact) mass is 307 g/mol. The average molecular weight is 308 g/mol. The summed E-state index contributed by atoms with van der Waals surface area (Å²) in [7, 11) is 0. The molecule has 0 aromatic heterocycles. The number of nitrogens with zero attached hydrogens (tertiary/aromatic N) is 1. The Hall–Kier alpha value is -0.520. The van der Waals surface area contributed by atoms with Crippen molar-refractivity contribution >= 4 is 35.0 Å². The largest absolute Gasteiger partial charge is 0.369 e. The molecular weight excluding hydrogens is 289 g/mol. The molecule has 1 atom stereocenters. The van der Waals surface area contributed by atoms with Crippen molar-refractivity contribution in [1.29, 1.82) is 0 Å². The fraction of sp³-hybridized carbons (Fsp3) is 0.833. The first kappa shape index (κ1) is 14.9. The minimum atomic E-state index is -0.927. The summed E-state index contributed by atoms with van der Waals surface area (Å²) in [4.78, 5) is 24.9. The number of nitrogens with two attached hydrogens (primary N) is 1. The van der Waals surface area contributed by atoms with Crippen molar-refractivity contribution in [2.45, 2.75) is 36.6 Å². The SMILES string of the molecule is CC1(C(=O)NC2CCN(CC(N)=O)CC2)CC1(Cl)Cl. The summed E-state index contributed by atoms with van der Waals surface area (Å²) in [5, 5.41) is 3.00. The molecule has 2 aliphatic rings. The van der Waals surface area contributed by atoms with Crippen LogP contribution in [-0.2, 0) is 9.59 Å². The highest BCUT2D eigenvalue weighted by atomic mass is 35.5. The minimum absolute atomic E-state index is 0.0779. The molecule has 0 bridgehead atoms. The second-order valence-corrected chi connectivity index (χ2v) is 7.19. The van der Waals surface area contributed by atoms with Crippen LogP contribution in [0.5, 0.6) is 0 Å². The van der Waals surface area contributed by atoms with E-state index >= 15 is 0 Å². The highest BCUT2D eigenvalue weighted by Crippen LogP contribution is 2.63. The highest BCUT2D eigenvalue weighted by Gasteiger charge is 2.68. The van der Waals surface area contributed by atoms with E-state index in [4.69, 9.17) is 28.9 Å². The summed E-state index contributed by atoms with van der Waals surface area (Å²) in [5.41, 5.74) is 4.49. The molecule has 108 valence electrons. The van der Waals surface area contributed by atoms with E-state index in [-0.39, 0.29) is 24.4 Å². The van der Waals surface area contributed by atoms with Crippen LogP contribution in [0.15, 0.2) is 0 Å². The smallest absolute Gasteiger partial charge is 0.231 e. The standard InChI is InChI=1S/C12H19Cl2N3O2/c1-11(7-12(11,13)14)10(19)16-8-2-4-17(5-3-8)6-9(15)18/h8H,2-7H2,1H3,(H2,15,18)(H,16,19). The molecule has 0 radical (unpaired) electrons. The third kappa shape index (κ3) is 3.15. The number of halogens is 2. The topological polar surface area (TPSA) is 75.4 Å². The first-order valence-corrected chi connectivity index (χ1v) is 7.20. The van der Waals surface area contributed by atoms with Gasteiger partial charge in [0.1, 0.15) is 4.33 Å². The molecule has 1 unspecified atom stereocenters. The molecule has 19 heavy (non-hydrogen) atoms. The van der Waals surface area contributed by atoms with Gasteiger partial charge in [-0.2, -0.15) is 0 Å². The van der Waals surface area contributed by atoms with Gasteiger partial charge in [-0.3, -0.25) is 14.5 Å². The van der Waals surface area contributed by atoms with Gasteiger partial charge in [0, 0.05) is 19.1 Å². The Kier molecular flexibility index (Phi) is 4.00. The van der Waals surface area contributed by atoms with Gasteiger partial charge in [-0.05, 0) is 26.2 Å². The molecule has 2 amide bonds. The predicted molar refractivity (Wildman–Crippen MR) is 74.0 cm³/mol. The van der Waals surface area contributed by atoms with Crippen LogP contribution in [-0.4, -0.2) is 46.7 Å². The van der Waals surface area contributed by atoms with Crippen molar-refractivity contribution in [1.82, 2.24) is 10.2 Å². The Bertz CT molecular complexity index is 394. The van der Waals surface area contributed by atoms with Gasteiger partial charge in [-0.25, -0.2) is 0 Å². The summed E-state index contributed by atoms with van der Waals surface area (Å²) in [6.45, 7) is 3.59. The van der Waals surface area contributed by atoms with E-state index < -0.39 is 9.75 Å². The van der Waals surface area contributed by atoms with Crippen LogP contribution in [0.1, 0.15) is 26.2 Å². The van der Waals surface area contributed by atoms with Gasteiger partial charge in [0.05, 0.1) is 12.0 Å². The quantitative estimate of drug-likeness (QED) is 0.748. The fourth-order valence-electron chi connectivity index (χ4n) is 2.45. The zero-order chi connectivity index (χ0) is 14.3. The van der Waals surface area contributed by atoms with E-state index in [1.165, 1.54) is 0 Å². The van der Waals surface area contributed by atoms with E-state index in [1.807, 2.05) is 4.90 Å². The lowest BCUT2D eigenvalue weighted by atomic mass is 10.0. The van der Waals surface area contributed by atoms with Crippen LogP contribution in [0.25, 0.3) is 0 Å².